The fraction of sp³-hybridized carbons (Fsp3) is 0.417. The average molecular weight is 205 g/mol. The first kappa shape index (κ1) is 10.2. The van der Waals surface area contributed by atoms with Gasteiger partial charge in [0, 0.05) is 14.1 Å². The van der Waals surface area contributed by atoms with Crippen LogP contribution in [-0.4, -0.2) is 31.0 Å². The molecule has 1 amide bonds. The summed E-state index contributed by atoms with van der Waals surface area (Å²) >= 11 is 0. The number of carbonyl (C=O) groups is 1. The quantitative estimate of drug-likeness (QED) is 0.683. The number of benzene rings is 1. The van der Waals surface area contributed by atoms with Gasteiger partial charge in [-0.15, -0.1) is 0 Å². The highest BCUT2D eigenvalue weighted by molar-refractivity contribution is 5.84. The molecule has 3 heteroatoms. The number of ether oxygens (including phenoxy) is 1. The molecule has 1 aliphatic heterocycles. The van der Waals surface area contributed by atoms with Crippen molar-refractivity contribution in [1.29, 1.82) is 0 Å². The molecule has 1 aromatic carbocycles. The molecule has 1 heterocycles. The summed E-state index contributed by atoms with van der Waals surface area (Å²) in [6, 6.07) is 9.85. The molecule has 1 fully saturated rings. The van der Waals surface area contributed by atoms with Gasteiger partial charge in [0.25, 0.3) is 5.91 Å². The van der Waals surface area contributed by atoms with Crippen LogP contribution in [0.5, 0.6) is 0 Å². The molecule has 0 spiro atoms. The second-order valence-electron chi connectivity index (χ2n) is 4.20. The SMILES string of the molecule is CN(C)C(=O)[C@H]1O[C@@]1(C)c1ccccc1. The van der Waals surface area contributed by atoms with Gasteiger partial charge >= 0.3 is 0 Å². The lowest BCUT2D eigenvalue weighted by Crippen LogP contribution is -2.29. The molecule has 0 radical (unpaired) electrons. The van der Waals surface area contributed by atoms with E-state index in [1.165, 1.54) is 0 Å². The van der Waals surface area contributed by atoms with Gasteiger partial charge in [-0.25, -0.2) is 0 Å². The van der Waals surface area contributed by atoms with E-state index in [2.05, 4.69) is 0 Å². The zero-order chi connectivity index (χ0) is 11.1. The summed E-state index contributed by atoms with van der Waals surface area (Å²) in [5.41, 5.74) is 0.632. The van der Waals surface area contributed by atoms with Crippen molar-refractivity contribution >= 4 is 5.91 Å². The highest BCUT2D eigenvalue weighted by Gasteiger charge is 2.58. The first-order valence-electron chi connectivity index (χ1n) is 5.00. The number of likely N-dealkylation sites (N-methyl/N-ethyl adjacent to an activating group) is 1. The lowest BCUT2D eigenvalue weighted by atomic mass is 9.97. The summed E-state index contributed by atoms with van der Waals surface area (Å²) in [5.74, 6) is 0.0290. The molecule has 15 heavy (non-hydrogen) atoms. The maximum atomic E-state index is 11.7. The number of rotatable bonds is 2. The Labute approximate surface area is 89.7 Å². The van der Waals surface area contributed by atoms with Crippen LogP contribution in [0.25, 0.3) is 0 Å². The van der Waals surface area contributed by atoms with Crippen LogP contribution in [-0.2, 0) is 15.1 Å². The first-order chi connectivity index (χ1) is 7.05. The van der Waals surface area contributed by atoms with Gasteiger partial charge in [0.2, 0.25) is 0 Å². The Bertz CT molecular complexity index is 374. The van der Waals surface area contributed by atoms with Crippen LogP contribution in [0, 0.1) is 0 Å². The highest BCUT2D eigenvalue weighted by Crippen LogP contribution is 2.46. The molecular weight excluding hydrogens is 190 g/mol. The second kappa shape index (κ2) is 3.35. The third-order valence-electron chi connectivity index (χ3n) is 2.82. The minimum absolute atomic E-state index is 0.0290. The van der Waals surface area contributed by atoms with Gasteiger partial charge in [0.1, 0.15) is 5.60 Å². The summed E-state index contributed by atoms with van der Waals surface area (Å²) < 4.78 is 5.52. The summed E-state index contributed by atoms with van der Waals surface area (Å²) in [5, 5.41) is 0. The normalized spacial score (nSPS) is 28.6. The van der Waals surface area contributed by atoms with Gasteiger partial charge in [-0.1, -0.05) is 30.3 Å². The van der Waals surface area contributed by atoms with Crippen LogP contribution < -0.4 is 0 Å². The fourth-order valence-electron chi connectivity index (χ4n) is 1.72. The predicted molar refractivity (Wildman–Crippen MR) is 57.4 cm³/mol. The zero-order valence-electron chi connectivity index (χ0n) is 9.23. The molecular formula is C12H15NO2. The predicted octanol–water partition coefficient (Wildman–Crippen LogP) is 1.39. The van der Waals surface area contributed by atoms with Crippen LogP contribution in [0.3, 0.4) is 0 Å². The summed E-state index contributed by atoms with van der Waals surface area (Å²) in [6.45, 7) is 1.95. The summed E-state index contributed by atoms with van der Waals surface area (Å²) in [7, 11) is 3.49. The average Bonchev–Trinajstić information content (AvgIpc) is 2.92. The maximum Gasteiger partial charge on any atom is 0.254 e. The van der Waals surface area contributed by atoms with E-state index in [9.17, 15) is 4.79 Å². The summed E-state index contributed by atoms with van der Waals surface area (Å²) in [6.07, 6.45) is -0.324. The molecule has 0 N–H and O–H groups in total. The van der Waals surface area contributed by atoms with E-state index in [-0.39, 0.29) is 12.0 Å². The van der Waals surface area contributed by atoms with E-state index in [4.69, 9.17) is 4.74 Å². The number of hydrogen-bond acceptors (Lipinski definition) is 2. The van der Waals surface area contributed by atoms with Gasteiger partial charge in [-0.2, -0.15) is 0 Å². The van der Waals surface area contributed by atoms with Gasteiger partial charge in [-0.05, 0) is 12.5 Å². The topological polar surface area (TPSA) is 32.8 Å². The Kier molecular flexibility index (Phi) is 2.27. The molecule has 0 bridgehead atoms. The van der Waals surface area contributed by atoms with Crippen LogP contribution in [0.4, 0.5) is 0 Å². The van der Waals surface area contributed by atoms with Crippen molar-refractivity contribution in [1.82, 2.24) is 4.90 Å². The lowest BCUT2D eigenvalue weighted by Gasteiger charge is -2.10. The molecule has 1 saturated heterocycles. The van der Waals surface area contributed by atoms with Gasteiger partial charge in [0.15, 0.2) is 6.10 Å². The van der Waals surface area contributed by atoms with E-state index in [0.717, 1.165) is 5.56 Å². The molecule has 1 aliphatic rings. The Morgan fingerprint density at radius 1 is 1.33 bits per heavy atom. The third-order valence-corrected chi connectivity index (χ3v) is 2.82. The van der Waals surface area contributed by atoms with Crippen molar-refractivity contribution in [3.63, 3.8) is 0 Å². The van der Waals surface area contributed by atoms with Crippen molar-refractivity contribution in [2.24, 2.45) is 0 Å². The lowest BCUT2D eigenvalue weighted by molar-refractivity contribution is -0.130. The number of nitrogens with zero attached hydrogens (tertiary/aromatic N) is 1. The molecule has 2 atom stereocenters. The number of carbonyl (C=O) groups excluding carboxylic acids is 1. The van der Waals surface area contributed by atoms with Crippen molar-refractivity contribution < 1.29 is 9.53 Å². The molecule has 0 saturated carbocycles. The largest absolute Gasteiger partial charge is 0.351 e. The van der Waals surface area contributed by atoms with E-state index >= 15 is 0 Å². The van der Waals surface area contributed by atoms with Crippen LogP contribution >= 0.6 is 0 Å². The highest BCUT2D eigenvalue weighted by atomic mass is 16.6. The standard InChI is InChI=1S/C12H15NO2/c1-12(9-7-5-4-6-8-9)10(15-12)11(14)13(2)3/h4-8,10H,1-3H3/t10-,12+/m1/s1. The van der Waals surface area contributed by atoms with Gasteiger partial charge < -0.3 is 9.64 Å². The van der Waals surface area contributed by atoms with Crippen molar-refractivity contribution in [2.75, 3.05) is 14.1 Å². The molecule has 1 aromatic rings. The number of epoxide rings is 1. The molecule has 0 unspecified atom stereocenters. The van der Waals surface area contributed by atoms with Gasteiger partial charge in [-0.3, -0.25) is 4.79 Å². The smallest absolute Gasteiger partial charge is 0.254 e. The van der Waals surface area contributed by atoms with Crippen molar-refractivity contribution in [3.8, 4) is 0 Å². The Morgan fingerprint density at radius 2 is 1.93 bits per heavy atom. The third kappa shape index (κ3) is 1.63. The monoisotopic (exact) mass is 205 g/mol. The van der Waals surface area contributed by atoms with Crippen molar-refractivity contribution in [3.05, 3.63) is 35.9 Å². The number of hydrogen-bond donors (Lipinski definition) is 0. The zero-order valence-corrected chi connectivity index (χ0v) is 9.23. The van der Waals surface area contributed by atoms with Crippen LogP contribution in [0.2, 0.25) is 0 Å². The molecule has 0 aromatic heterocycles. The second-order valence-corrected chi connectivity index (χ2v) is 4.20. The van der Waals surface area contributed by atoms with E-state index in [1.54, 1.807) is 19.0 Å². The number of amides is 1. The van der Waals surface area contributed by atoms with E-state index < -0.39 is 5.60 Å². The van der Waals surface area contributed by atoms with Crippen molar-refractivity contribution in [2.45, 2.75) is 18.6 Å². The molecule has 2 rings (SSSR count). The van der Waals surface area contributed by atoms with Gasteiger partial charge in [0.05, 0.1) is 0 Å². The minimum atomic E-state index is -0.428. The Balaban J connectivity index is 2.17. The maximum absolute atomic E-state index is 11.7. The van der Waals surface area contributed by atoms with Crippen LogP contribution in [0.1, 0.15) is 12.5 Å². The molecule has 3 nitrogen and oxygen atoms in total. The summed E-state index contributed by atoms with van der Waals surface area (Å²) in [4.78, 5) is 13.3. The van der Waals surface area contributed by atoms with E-state index in [1.807, 2.05) is 37.3 Å². The Hall–Kier alpha value is -1.35. The Morgan fingerprint density at radius 3 is 2.47 bits per heavy atom. The van der Waals surface area contributed by atoms with Crippen LogP contribution in [0.15, 0.2) is 30.3 Å². The fourth-order valence-corrected chi connectivity index (χ4v) is 1.72. The minimum Gasteiger partial charge on any atom is -0.351 e. The van der Waals surface area contributed by atoms with E-state index in [0.29, 0.717) is 0 Å². The molecule has 80 valence electrons. The first-order valence-corrected chi connectivity index (χ1v) is 5.00. The molecule has 0 aliphatic carbocycles.